The molecule has 0 bridgehead atoms. The maximum atomic E-state index is 12.3. The molecule has 124 valence electrons. The summed E-state index contributed by atoms with van der Waals surface area (Å²) in [6, 6.07) is 7.72. The summed E-state index contributed by atoms with van der Waals surface area (Å²) in [5.74, 6) is 0.299. The van der Waals surface area contributed by atoms with Gasteiger partial charge in [0.05, 0.1) is 14.2 Å². The molecule has 0 aliphatic rings. The van der Waals surface area contributed by atoms with Crippen LogP contribution >= 0.6 is 27.3 Å². The molecule has 24 heavy (non-hydrogen) atoms. The predicted molar refractivity (Wildman–Crippen MR) is 95.1 cm³/mol. The molecule has 0 amide bonds. The molecule has 5 nitrogen and oxygen atoms in total. The van der Waals surface area contributed by atoms with E-state index in [4.69, 9.17) is 9.15 Å². The molecule has 3 aromatic rings. The molecule has 0 fully saturated rings. The summed E-state index contributed by atoms with van der Waals surface area (Å²) in [5.41, 5.74) is 3.49. The Bertz CT molecular complexity index is 878. The molecule has 2 aromatic heterocycles. The quantitative estimate of drug-likeness (QED) is 0.579. The molecule has 0 saturated heterocycles. The van der Waals surface area contributed by atoms with Crippen molar-refractivity contribution in [3.05, 3.63) is 56.2 Å². The van der Waals surface area contributed by atoms with Crippen LogP contribution in [0.5, 0.6) is 0 Å². The van der Waals surface area contributed by atoms with Gasteiger partial charge in [-0.05, 0) is 60.0 Å². The van der Waals surface area contributed by atoms with Crippen molar-refractivity contribution in [1.82, 2.24) is 10.2 Å². The molecule has 2 heterocycles. The molecule has 0 N–H and O–H groups in total. The Hall–Kier alpha value is -1.99. The maximum absolute atomic E-state index is 12.3. The first-order valence-electron chi connectivity index (χ1n) is 7.27. The van der Waals surface area contributed by atoms with Gasteiger partial charge in [0.25, 0.3) is 11.8 Å². The van der Waals surface area contributed by atoms with Crippen molar-refractivity contribution in [1.29, 1.82) is 0 Å². The Morgan fingerprint density at radius 3 is 2.54 bits per heavy atom. The normalized spacial score (nSPS) is 10.8. The number of aromatic nitrogens is 2. The standard InChI is InChI=1S/C17H15BrN2O3S/c1-9-6-10(2)15(11(3)7-9)17(21)22-8-14-19-20-16(23-14)12-4-5-13(18)24-12/h4-7H,8H2,1-3H3. The molecule has 0 aliphatic heterocycles. The number of rotatable bonds is 4. The van der Waals surface area contributed by atoms with Gasteiger partial charge in [-0.15, -0.1) is 21.5 Å². The molecule has 1 aromatic carbocycles. The maximum Gasteiger partial charge on any atom is 0.339 e. The fraction of sp³-hybridized carbons (Fsp3) is 0.235. The Balaban J connectivity index is 1.70. The van der Waals surface area contributed by atoms with Gasteiger partial charge in [-0.1, -0.05) is 17.7 Å². The molecule has 7 heteroatoms. The van der Waals surface area contributed by atoms with Crippen molar-refractivity contribution in [2.45, 2.75) is 27.4 Å². The molecule has 0 atom stereocenters. The van der Waals surface area contributed by atoms with Crippen LogP contribution in [0, 0.1) is 20.8 Å². The summed E-state index contributed by atoms with van der Waals surface area (Å²) in [4.78, 5) is 13.2. The number of esters is 1. The fourth-order valence-corrected chi connectivity index (χ4v) is 3.85. The third kappa shape index (κ3) is 3.57. The van der Waals surface area contributed by atoms with Crippen molar-refractivity contribution in [3.63, 3.8) is 0 Å². The van der Waals surface area contributed by atoms with Crippen LogP contribution in [-0.2, 0) is 11.3 Å². The van der Waals surface area contributed by atoms with Crippen LogP contribution < -0.4 is 0 Å². The van der Waals surface area contributed by atoms with Crippen LogP contribution in [0.15, 0.2) is 32.5 Å². The van der Waals surface area contributed by atoms with E-state index in [2.05, 4.69) is 26.1 Å². The number of halogens is 1. The van der Waals surface area contributed by atoms with Gasteiger partial charge in [-0.25, -0.2) is 4.79 Å². The number of carbonyl (C=O) groups is 1. The van der Waals surface area contributed by atoms with E-state index >= 15 is 0 Å². The van der Waals surface area contributed by atoms with Gasteiger partial charge in [-0.3, -0.25) is 0 Å². The predicted octanol–water partition coefficient (Wildman–Crippen LogP) is 4.84. The van der Waals surface area contributed by atoms with Gasteiger partial charge in [0.1, 0.15) is 0 Å². The first kappa shape index (κ1) is 16.9. The highest BCUT2D eigenvalue weighted by atomic mass is 79.9. The van der Waals surface area contributed by atoms with Crippen molar-refractivity contribution in [2.75, 3.05) is 0 Å². The molecule has 0 spiro atoms. The summed E-state index contributed by atoms with van der Waals surface area (Å²) in [5, 5.41) is 7.90. The summed E-state index contributed by atoms with van der Waals surface area (Å²) in [7, 11) is 0. The van der Waals surface area contributed by atoms with Gasteiger partial charge in [0, 0.05) is 0 Å². The minimum atomic E-state index is -0.386. The third-order valence-electron chi connectivity index (χ3n) is 3.46. The minimum Gasteiger partial charge on any atom is -0.452 e. The lowest BCUT2D eigenvalue weighted by molar-refractivity contribution is 0.0437. The van der Waals surface area contributed by atoms with Crippen LogP contribution in [0.1, 0.15) is 32.9 Å². The Labute approximate surface area is 151 Å². The first-order chi connectivity index (χ1) is 11.4. The molecule has 3 rings (SSSR count). The summed E-state index contributed by atoms with van der Waals surface area (Å²) in [6.07, 6.45) is 0. The van der Waals surface area contributed by atoms with E-state index in [1.165, 1.54) is 11.3 Å². The van der Waals surface area contributed by atoms with Crippen LogP contribution in [0.3, 0.4) is 0 Å². The van der Waals surface area contributed by atoms with Crippen LogP contribution in [-0.4, -0.2) is 16.2 Å². The number of hydrogen-bond donors (Lipinski definition) is 0. The second kappa shape index (κ2) is 6.86. The Morgan fingerprint density at radius 1 is 1.21 bits per heavy atom. The number of carbonyl (C=O) groups excluding carboxylic acids is 1. The van der Waals surface area contributed by atoms with Gasteiger partial charge in [0.2, 0.25) is 0 Å². The average Bonchev–Trinajstić information content (AvgIpc) is 3.12. The first-order valence-corrected chi connectivity index (χ1v) is 8.88. The van der Waals surface area contributed by atoms with E-state index in [1.54, 1.807) is 0 Å². The van der Waals surface area contributed by atoms with E-state index in [0.29, 0.717) is 11.5 Å². The SMILES string of the molecule is Cc1cc(C)c(C(=O)OCc2nnc(-c3ccc(Br)s3)o2)c(C)c1. The van der Waals surface area contributed by atoms with Crippen LogP contribution in [0.2, 0.25) is 0 Å². The lowest BCUT2D eigenvalue weighted by atomic mass is 10.00. The fourth-order valence-electron chi connectivity index (χ4n) is 2.54. The highest BCUT2D eigenvalue weighted by Crippen LogP contribution is 2.30. The number of benzene rings is 1. The highest BCUT2D eigenvalue weighted by Gasteiger charge is 2.17. The van der Waals surface area contributed by atoms with Gasteiger partial charge in [-0.2, -0.15) is 0 Å². The number of thiophene rings is 1. The monoisotopic (exact) mass is 406 g/mol. The minimum absolute atomic E-state index is 0.0505. The zero-order valence-electron chi connectivity index (χ0n) is 13.4. The van der Waals surface area contributed by atoms with Crippen LogP contribution in [0.4, 0.5) is 0 Å². The molecular weight excluding hydrogens is 392 g/mol. The van der Waals surface area contributed by atoms with E-state index in [0.717, 1.165) is 25.4 Å². The van der Waals surface area contributed by atoms with Crippen molar-refractivity contribution >= 4 is 33.2 Å². The number of hydrogen-bond acceptors (Lipinski definition) is 6. The Kier molecular flexibility index (Phi) is 4.82. The third-order valence-corrected chi connectivity index (χ3v) is 5.07. The lowest BCUT2D eigenvalue weighted by Gasteiger charge is -2.10. The summed E-state index contributed by atoms with van der Waals surface area (Å²) >= 11 is 4.88. The van der Waals surface area contributed by atoms with Crippen molar-refractivity contribution in [3.8, 4) is 10.8 Å². The largest absolute Gasteiger partial charge is 0.452 e. The van der Waals surface area contributed by atoms with E-state index in [9.17, 15) is 4.79 Å². The number of ether oxygens (including phenoxy) is 1. The van der Waals surface area contributed by atoms with Gasteiger partial charge in [0.15, 0.2) is 6.61 Å². The van der Waals surface area contributed by atoms with E-state index < -0.39 is 0 Å². The lowest BCUT2D eigenvalue weighted by Crippen LogP contribution is -2.09. The molecular formula is C17H15BrN2O3S. The summed E-state index contributed by atoms with van der Waals surface area (Å²) < 4.78 is 11.8. The van der Waals surface area contributed by atoms with Gasteiger partial charge < -0.3 is 9.15 Å². The number of nitrogens with zero attached hydrogens (tertiary/aromatic N) is 2. The molecule has 0 unspecified atom stereocenters. The van der Waals surface area contributed by atoms with Crippen molar-refractivity contribution in [2.24, 2.45) is 0 Å². The second-order valence-electron chi connectivity index (χ2n) is 5.45. The van der Waals surface area contributed by atoms with E-state index in [-0.39, 0.29) is 18.5 Å². The Morgan fingerprint density at radius 2 is 1.92 bits per heavy atom. The second-order valence-corrected chi connectivity index (χ2v) is 7.92. The topological polar surface area (TPSA) is 65.2 Å². The summed E-state index contributed by atoms with van der Waals surface area (Å²) in [6.45, 7) is 5.75. The number of aryl methyl sites for hydroxylation is 3. The molecule has 0 aliphatic carbocycles. The van der Waals surface area contributed by atoms with Crippen LogP contribution in [0.25, 0.3) is 10.8 Å². The zero-order valence-corrected chi connectivity index (χ0v) is 15.8. The average molecular weight is 407 g/mol. The zero-order chi connectivity index (χ0) is 17.3. The van der Waals surface area contributed by atoms with Crippen molar-refractivity contribution < 1.29 is 13.9 Å². The van der Waals surface area contributed by atoms with Gasteiger partial charge >= 0.3 is 5.97 Å². The smallest absolute Gasteiger partial charge is 0.339 e. The van der Waals surface area contributed by atoms with E-state index in [1.807, 2.05) is 45.0 Å². The molecule has 0 radical (unpaired) electrons. The highest BCUT2D eigenvalue weighted by molar-refractivity contribution is 9.11. The molecule has 0 saturated carbocycles.